The predicted octanol–water partition coefficient (Wildman–Crippen LogP) is 2.67. The quantitative estimate of drug-likeness (QED) is 0.804. The van der Waals surface area contributed by atoms with Crippen molar-refractivity contribution in [2.24, 2.45) is 0 Å². The van der Waals surface area contributed by atoms with Crippen LogP contribution >= 0.6 is 0 Å². The van der Waals surface area contributed by atoms with Gasteiger partial charge in [0.1, 0.15) is 12.1 Å². The van der Waals surface area contributed by atoms with Crippen LogP contribution in [-0.2, 0) is 17.8 Å². The average Bonchev–Trinajstić information content (AvgIpc) is 3.03. The van der Waals surface area contributed by atoms with Crippen molar-refractivity contribution < 1.29 is 4.79 Å². The second-order valence-corrected chi connectivity index (χ2v) is 6.33. The third-order valence-electron chi connectivity index (χ3n) is 4.75. The molecular formula is C19H20N4O. The summed E-state index contributed by atoms with van der Waals surface area (Å²) in [6.45, 7) is 0.886. The van der Waals surface area contributed by atoms with Crippen molar-refractivity contribution in [2.45, 2.75) is 31.7 Å². The Morgan fingerprint density at radius 3 is 2.96 bits per heavy atom. The Morgan fingerprint density at radius 2 is 2.00 bits per heavy atom. The molecule has 0 fully saturated rings. The van der Waals surface area contributed by atoms with Crippen LogP contribution in [0.1, 0.15) is 29.9 Å². The molecule has 0 spiro atoms. The van der Waals surface area contributed by atoms with E-state index in [1.54, 1.807) is 4.68 Å². The van der Waals surface area contributed by atoms with E-state index < -0.39 is 0 Å². The molecule has 1 N–H and O–H groups in total. The minimum Gasteiger partial charge on any atom is -0.354 e. The van der Waals surface area contributed by atoms with Gasteiger partial charge in [0.15, 0.2) is 0 Å². The molecule has 5 nitrogen and oxygen atoms in total. The number of carbonyl (C=O) groups excluding carboxylic acids is 1. The van der Waals surface area contributed by atoms with Gasteiger partial charge < -0.3 is 5.32 Å². The second kappa shape index (κ2) is 6.43. The number of hydrogen-bond acceptors (Lipinski definition) is 3. The van der Waals surface area contributed by atoms with Gasteiger partial charge in [0.25, 0.3) is 0 Å². The van der Waals surface area contributed by atoms with Crippen LogP contribution < -0.4 is 5.32 Å². The minimum absolute atomic E-state index is 0.0197. The monoisotopic (exact) mass is 320 g/mol. The van der Waals surface area contributed by atoms with Gasteiger partial charge in [0.05, 0.1) is 5.52 Å². The number of rotatable bonds is 4. The summed E-state index contributed by atoms with van der Waals surface area (Å²) in [5.41, 5.74) is 4.50. The summed E-state index contributed by atoms with van der Waals surface area (Å²) in [7, 11) is 0. The number of fused-ring (bicyclic) bond motifs is 2. The number of carbonyl (C=O) groups is 1. The molecule has 1 heterocycles. The van der Waals surface area contributed by atoms with E-state index in [2.05, 4.69) is 39.9 Å². The van der Waals surface area contributed by atoms with Gasteiger partial charge in [-0.15, -0.1) is 5.10 Å². The molecule has 0 radical (unpaired) electrons. The first-order valence-corrected chi connectivity index (χ1v) is 8.44. The maximum atomic E-state index is 12.3. The van der Waals surface area contributed by atoms with E-state index in [0.29, 0.717) is 12.5 Å². The molecule has 4 rings (SSSR count). The van der Waals surface area contributed by atoms with Gasteiger partial charge in [-0.1, -0.05) is 41.6 Å². The molecule has 1 aliphatic rings. The van der Waals surface area contributed by atoms with Crippen molar-refractivity contribution in [1.82, 2.24) is 20.3 Å². The summed E-state index contributed by atoms with van der Waals surface area (Å²) < 4.78 is 1.65. The Balaban J connectivity index is 1.41. The van der Waals surface area contributed by atoms with E-state index in [4.69, 9.17) is 0 Å². The molecule has 0 unspecified atom stereocenters. The van der Waals surface area contributed by atoms with E-state index in [9.17, 15) is 4.79 Å². The third-order valence-corrected chi connectivity index (χ3v) is 4.75. The molecule has 1 atom stereocenters. The molecule has 1 amide bonds. The maximum Gasteiger partial charge on any atom is 0.241 e. The fourth-order valence-electron chi connectivity index (χ4n) is 3.53. The van der Waals surface area contributed by atoms with Crippen LogP contribution in [0.25, 0.3) is 11.0 Å². The van der Waals surface area contributed by atoms with E-state index in [0.717, 1.165) is 23.9 Å². The summed E-state index contributed by atoms with van der Waals surface area (Å²) in [5, 5.41) is 11.2. The number of para-hydroxylation sites is 1. The molecule has 0 saturated carbocycles. The molecule has 1 aliphatic carbocycles. The van der Waals surface area contributed by atoms with Gasteiger partial charge in [0.2, 0.25) is 5.91 Å². The Labute approximate surface area is 140 Å². The molecule has 0 bridgehead atoms. The van der Waals surface area contributed by atoms with Crippen LogP contribution in [0.4, 0.5) is 0 Å². The lowest BCUT2D eigenvalue weighted by atomic mass is 9.83. The molecule has 2 aromatic carbocycles. The van der Waals surface area contributed by atoms with Crippen molar-refractivity contribution in [2.75, 3.05) is 6.54 Å². The number of nitrogens with zero attached hydrogens (tertiary/aromatic N) is 3. The van der Waals surface area contributed by atoms with Gasteiger partial charge in [-0.3, -0.25) is 4.79 Å². The number of aryl methyl sites for hydroxylation is 1. The van der Waals surface area contributed by atoms with Crippen LogP contribution in [0, 0.1) is 0 Å². The fraction of sp³-hybridized carbons (Fsp3) is 0.316. The zero-order valence-electron chi connectivity index (χ0n) is 13.5. The molecule has 0 aliphatic heterocycles. The number of aromatic nitrogens is 3. The largest absolute Gasteiger partial charge is 0.354 e. The lowest BCUT2D eigenvalue weighted by molar-refractivity contribution is -0.121. The van der Waals surface area contributed by atoms with Gasteiger partial charge in [-0.25, -0.2) is 4.68 Å². The Bertz CT molecular complexity index is 870. The van der Waals surface area contributed by atoms with Crippen LogP contribution in [0.5, 0.6) is 0 Å². The minimum atomic E-state index is -0.0197. The highest BCUT2D eigenvalue weighted by molar-refractivity contribution is 5.79. The van der Waals surface area contributed by atoms with Crippen molar-refractivity contribution in [3.63, 3.8) is 0 Å². The molecule has 3 aromatic rings. The topological polar surface area (TPSA) is 59.8 Å². The highest BCUT2D eigenvalue weighted by Crippen LogP contribution is 2.30. The zero-order chi connectivity index (χ0) is 16.4. The summed E-state index contributed by atoms with van der Waals surface area (Å²) in [6.07, 6.45) is 3.46. The molecule has 5 heteroatoms. The Kier molecular flexibility index (Phi) is 3.99. The summed E-state index contributed by atoms with van der Waals surface area (Å²) in [4.78, 5) is 12.3. The molecule has 24 heavy (non-hydrogen) atoms. The van der Waals surface area contributed by atoms with E-state index in [1.807, 2.05) is 24.3 Å². The Morgan fingerprint density at radius 1 is 1.17 bits per heavy atom. The number of amides is 1. The number of hydrogen-bond donors (Lipinski definition) is 1. The molecule has 122 valence electrons. The first kappa shape index (κ1) is 14.9. The van der Waals surface area contributed by atoms with Crippen LogP contribution in [0.3, 0.4) is 0 Å². The summed E-state index contributed by atoms with van der Waals surface area (Å²) >= 11 is 0. The highest BCUT2D eigenvalue weighted by atomic mass is 16.2. The summed E-state index contributed by atoms with van der Waals surface area (Å²) in [5.74, 6) is 0.389. The number of nitrogens with one attached hydrogen (secondary N) is 1. The molecule has 1 aromatic heterocycles. The maximum absolute atomic E-state index is 12.3. The standard InChI is InChI=1S/C19H20N4O/c24-19(13-23-18-11-4-3-10-17(18)21-22-23)20-12-15-8-5-7-14-6-1-2-9-16(14)15/h1-4,6,9-11,15H,5,7-8,12-13H2,(H,20,24)/t15-/m0/s1. The molecular weight excluding hydrogens is 300 g/mol. The van der Waals surface area contributed by atoms with Crippen molar-refractivity contribution in [3.05, 3.63) is 59.7 Å². The van der Waals surface area contributed by atoms with E-state index in [-0.39, 0.29) is 12.5 Å². The fourth-order valence-corrected chi connectivity index (χ4v) is 3.53. The van der Waals surface area contributed by atoms with Gasteiger partial charge in [-0.05, 0) is 42.5 Å². The van der Waals surface area contributed by atoms with Crippen molar-refractivity contribution in [3.8, 4) is 0 Å². The van der Waals surface area contributed by atoms with Gasteiger partial charge in [-0.2, -0.15) is 0 Å². The van der Waals surface area contributed by atoms with Crippen LogP contribution in [0.15, 0.2) is 48.5 Å². The smallest absolute Gasteiger partial charge is 0.241 e. The summed E-state index contributed by atoms with van der Waals surface area (Å²) in [6, 6.07) is 16.2. The first-order chi connectivity index (χ1) is 11.8. The predicted molar refractivity (Wildman–Crippen MR) is 92.7 cm³/mol. The average molecular weight is 320 g/mol. The van der Waals surface area contributed by atoms with Crippen LogP contribution in [0.2, 0.25) is 0 Å². The van der Waals surface area contributed by atoms with E-state index in [1.165, 1.54) is 17.5 Å². The SMILES string of the molecule is O=C(Cn1nnc2ccccc21)NC[C@@H]1CCCc2ccccc21. The highest BCUT2D eigenvalue weighted by Gasteiger charge is 2.20. The van der Waals surface area contributed by atoms with Gasteiger partial charge in [0, 0.05) is 12.5 Å². The van der Waals surface area contributed by atoms with Gasteiger partial charge >= 0.3 is 0 Å². The first-order valence-electron chi connectivity index (χ1n) is 8.44. The lowest BCUT2D eigenvalue weighted by Gasteiger charge is -2.25. The van der Waals surface area contributed by atoms with E-state index >= 15 is 0 Å². The molecule has 0 saturated heterocycles. The zero-order valence-corrected chi connectivity index (χ0v) is 13.5. The third kappa shape index (κ3) is 2.89. The van der Waals surface area contributed by atoms with Crippen LogP contribution in [-0.4, -0.2) is 27.4 Å². The van der Waals surface area contributed by atoms with Crippen molar-refractivity contribution in [1.29, 1.82) is 0 Å². The van der Waals surface area contributed by atoms with Crippen molar-refractivity contribution >= 4 is 16.9 Å². The second-order valence-electron chi connectivity index (χ2n) is 6.33. The normalized spacial score (nSPS) is 16.8. The Hall–Kier alpha value is -2.69. The lowest BCUT2D eigenvalue weighted by Crippen LogP contribution is -2.32. The number of benzene rings is 2.